The van der Waals surface area contributed by atoms with E-state index in [4.69, 9.17) is 0 Å². The molecule has 4 rings (SSSR count). The summed E-state index contributed by atoms with van der Waals surface area (Å²) in [6.07, 6.45) is 6.70. The van der Waals surface area contributed by atoms with Gasteiger partial charge in [-0.1, -0.05) is 12.1 Å². The van der Waals surface area contributed by atoms with Crippen LogP contribution in [0.2, 0.25) is 0 Å². The van der Waals surface area contributed by atoms with Crippen molar-refractivity contribution in [3.05, 3.63) is 76.7 Å². The maximum Gasteiger partial charge on any atom is 0.227 e. The number of amides is 1. The quantitative estimate of drug-likeness (QED) is 0.691. The van der Waals surface area contributed by atoms with Gasteiger partial charge < -0.3 is 9.47 Å². The van der Waals surface area contributed by atoms with Crippen LogP contribution in [0.25, 0.3) is 5.69 Å². The Bertz CT molecular complexity index is 791. The van der Waals surface area contributed by atoms with Crippen molar-refractivity contribution < 1.29 is 4.79 Å². The lowest BCUT2D eigenvalue weighted by molar-refractivity contribution is -0.131. The molecular formula is C20H20N2OS. The first-order valence-corrected chi connectivity index (χ1v) is 9.29. The monoisotopic (exact) mass is 336 g/mol. The Morgan fingerprint density at radius 1 is 1.12 bits per heavy atom. The predicted molar refractivity (Wildman–Crippen MR) is 97.5 cm³/mol. The third kappa shape index (κ3) is 3.02. The number of nitrogens with zero attached hydrogens (tertiary/aromatic N) is 2. The van der Waals surface area contributed by atoms with E-state index >= 15 is 0 Å². The van der Waals surface area contributed by atoms with Crippen molar-refractivity contribution in [2.45, 2.75) is 25.3 Å². The molecule has 2 aromatic heterocycles. The van der Waals surface area contributed by atoms with Crippen molar-refractivity contribution in [3.8, 4) is 5.69 Å². The van der Waals surface area contributed by atoms with E-state index in [2.05, 4.69) is 50.6 Å². The fourth-order valence-electron chi connectivity index (χ4n) is 3.45. The van der Waals surface area contributed by atoms with Crippen molar-refractivity contribution in [2.75, 3.05) is 6.54 Å². The lowest BCUT2D eigenvalue weighted by Gasteiger charge is -2.24. The van der Waals surface area contributed by atoms with Crippen molar-refractivity contribution in [3.63, 3.8) is 0 Å². The van der Waals surface area contributed by atoms with Gasteiger partial charge >= 0.3 is 0 Å². The minimum absolute atomic E-state index is 0.234. The van der Waals surface area contributed by atoms with Crippen LogP contribution in [0.1, 0.15) is 30.0 Å². The summed E-state index contributed by atoms with van der Waals surface area (Å²) in [6.45, 7) is 0.876. The van der Waals surface area contributed by atoms with E-state index < -0.39 is 0 Å². The Labute approximate surface area is 146 Å². The highest BCUT2D eigenvalue weighted by molar-refractivity contribution is 7.07. The lowest BCUT2D eigenvalue weighted by atomic mass is 10.1. The minimum atomic E-state index is 0.234. The molecule has 1 saturated heterocycles. The fourth-order valence-corrected chi connectivity index (χ4v) is 4.15. The first-order valence-electron chi connectivity index (χ1n) is 8.35. The molecule has 1 aliphatic heterocycles. The van der Waals surface area contributed by atoms with Crippen LogP contribution in [0.5, 0.6) is 0 Å². The molecule has 24 heavy (non-hydrogen) atoms. The molecule has 4 heteroatoms. The topological polar surface area (TPSA) is 25.2 Å². The third-order valence-corrected chi connectivity index (χ3v) is 5.40. The third-order valence-electron chi connectivity index (χ3n) is 4.70. The van der Waals surface area contributed by atoms with Gasteiger partial charge in [0.2, 0.25) is 5.91 Å². The second-order valence-electron chi connectivity index (χ2n) is 6.24. The SMILES string of the molecule is O=C(Cc1ccc(-n2cccc2)cc1)N1CCCC1c1ccsc1. The molecule has 3 nitrogen and oxygen atoms in total. The van der Waals surface area contributed by atoms with Crippen LogP contribution in [0.3, 0.4) is 0 Å². The zero-order valence-electron chi connectivity index (χ0n) is 13.5. The van der Waals surface area contributed by atoms with E-state index in [1.54, 1.807) is 11.3 Å². The molecule has 0 aliphatic carbocycles. The van der Waals surface area contributed by atoms with Gasteiger partial charge in [0.05, 0.1) is 12.5 Å². The van der Waals surface area contributed by atoms with Gasteiger partial charge in [-0.05, 0) is 65.1 Å². The number of rotatable bonds is 4. The highest BCUT2D eigenvalue weighted by Gasteiger charge is 2.29. The van der Waals surface area contributed by atoms with Crippen molar-refractivity contribution in [1.82, 2.24) is 9.47 Å². The Morgan fingerprint density at radius 3 is 2.62 bits per heavy atom. The molecule has 1 aliphatic rings. The summed E-state index contributed by atoms with van der Waals surface area (Å²) in [6, 6.07) is 14.7. The number of aromatic nitrogens is 1. The van der Waals surface area contributed by atoms with E-state index in [1.807, 2.05) is 24.5 Å². The Hall–Kier alpha value is -2.33. The van der Waals surface area contributed by atoms with Crippen LogP contribution in [0.4, 0.5) is 0 Å². The van der Waals surface area contributed by atoms with Crippen LogP contribution in [0.15, 0.2) is 65.6 Å². The molecule has 122 valence electrons. The molecule has 0 spiro atoms. The molecule has 0 saturated carbocycles. The average Bonchev–Trinajstić information content (AvgIpc) is 3.35. The summed E-state index contributed by atoms with van der Waals surface area (Å²) in [4.78, 5) is 14.8. The zero-order chi connectivity index (χ0) is 16.4. The lowest BCUT2D eigenvalue weighted by Crippen LogP contribution is -2.31. The molecule has 1 aromatic carbocycles. The summed E-state index contributed by atoms with van der Waals surface area (Å²) in [5.74, 6) is 0.234. The fraction of sp³-hybridized carbons (Fsp3) is 0.250. The van der Waals surface area contributed by atoms with Crippen molar-refractivity contribution >= 4 is 17.2 Å². The Kier molecular flexibility index (Phi) is 4.22. The summed E-state index contributed by atoms with van der Waals surface area (Å²) < 4.78 is 2.07. The van der Waals surface area contributed by atoms with E-state index in [1.165, 1.54) is 5.56 Å². The van der Waals surface area contributed by atoms with Gasteiger partial charge in [-0.15, -0.1) is 0 Å². The summed E-state index contributed by atoms with van der Waals surface area (Å²) in [7, 11) is 0. The zero-order valence-corrected chi connectivity index (χ0v) is 14.3. The molecular weight excluding hydrogens is 316 g/mol. The summed E-state index contributed by atoms with van der Waals surface area (Å²) in [5, 5.41) is 4.26. The van der Waals surface area contributed by atoms with Gasteiger partial charge in [-0.25, -0.2) is 0 Å². The largest absolute Gasteiger partial charge is 0.335 e. The van der Waals surface area contributed by atoms with Gasteiger partial charge in [-0.2, -0.15) is 11.3 Å². The normalized spacial score (nSPS) is 17.3. The molecule has 1 atom stereocenters. The maximum absolute atomic E-state index is 12.8. The number of benzene rings is 1. The molecule has 0 radical (unpaired) electrons. The maximum atomic E-state index is 12.8. The Balaban J connectivity index is 1.46. The summed E-state index contributed by atoms with van der Waals surface area (Å²) >= 11 is 1.70. The smallest absolute Gasteiger partial charge is 0.227 e. The van der Waals surface area contributed by atoms with Crippen LogP contribution in [0, 0.1) is 0 Å². The van der Waals surface area contributed by atoms with E-state index in [-0.39, 0.29) is 11.9 Å². The first kappa shape index (κ1) is 15.2. The first-order chi connectivity index (χ1) is 11.8. The molecule has 0 bridgehead atoms. The molecule has 1 unspecified atom stereocenters. The number of hydrogen-bond donors (Lipinski definition) is 0. The Morgan fingerprint density at radius 2 is 1.92 bits per heavy atom. The van der Waals surface area contributed by atoms with Crippen molar-refractivity contribution in [1.29, 1.82) is 0 Å². The second kappa shape index (κ2) is 6.65. The highest BCUT2D eigenvalue weighted by Crippen LogP contribution is 2.33. The molecule has 1 amide bonds. The number of likely N-dealkylation sites (tertiary alicyclic amines) is 1. The van der Waals surface area contributed by atoms with Gasteiger partial charge in [0, 0.05) is 24.6 Å². The van der Waals surface area contributed by atoms with Gasteiger partial charge in [-0.3, -0.25) is 4.79 Å². The van der Waals surface area contributed by atoms with Crippen LogP contribution >= 0.6 is 11.3 Å². The van der Waals surface area contributed by atoms with Gasteiger partial charge in [0.15, 0.2) is 0 Å². The number of thiophene rings is 1. The summed E-state index contributed by atoms with van der Waals surface area (Å²) in [5.41, 5.74) is 3.48. The van der Waals surface area contributed by atoms with Crippen LogP contribution in [-0.2, 0) is 11.2 Å². The van der Waals surface area contributed by atoms with Crippen LogP contribution < -0.4 is 0 Å². The van der Waals surface area contributed by atoms with E-state index in [0.717, 1.165) is 30.6 Å². The molecule has 1 fully saturated rings. The van der Waals surface area contributed by atoms with E-state index in [9.17, 15) is 4.79 Å². The standard InChI is InChI=1S/C20H20N2OS/c23-20(22-12-3-4-19(22)17-9-13-24-15-17)14-16-5-7-18(8-6-16)21-10-1-2-11-21/h1-2,5-11,13,15,19H,3-4,12,14H2. The molecule has 3 aromatic rings. The van der Waals surface area contributed by atoms with Crippen LogP contribution in [-0.4, -0.2) is 21.9 Å². The average molecular weight is 336 g/mol. The molecule has 3 heterocycles. The minimum Gasteiger partial charge on any atom is -0.335 e. The van der Waals surface area contributed by atoms with Gasteiger partial charge in [0.1, 0.15) is 0 Å². The predicted octanol–water partition coefficient (Wildman–Crippen LogP) is 4.45. The van der Waals surface area contributed by atoms with E-state index in [0.29, 0.717) is 6.42 Å². The number of hydrogen-bond acceptors (Lipinski definition) is 2. The molecule has 0 N–H and O–H groups in total. The van der Waals surface area contributed by atoms with Gasteiger partial charge in [0.25, 0.3) is 0 Å². The van der Waals surface area contributed by atoms with Crippen molar-refractivity contribution in [2.24, 2.45) is 0 Å². The highest BCUT2D eigenvalue weighted by atomic mass is 32.1. The number of carbonyl (C=O) groups is 1. The number of carbonyl (C=O) groups excluding carboxylic acids is 1. The second-order valence-corrected chi connectivity index (χ2v) is 7.02.